The van der Waals surface area contributed by atoms with Gasteiger partial charge in [0.15, 0.2) is 46.0 Å². The van der Waals surface area contributed by atoms with Gasteiger partial charge in [0.1, 0.15) is 11.5 Å². The van der Waals surface area contributed by atoms with Gasteiger partial charge in [-0.05, 0) is 238 Å². The Morgan fingerprint density at radius 2 is 0.264 bits per heavy atom. The minimum atomic E-state index is 0.642. The third kappa shape index (κ3) is 28.2. The van der Waals surface area contributed by atoms with Gasteiger partial charge in [-0.25, -0.2) is 0 Å². The molecule has 0 amide bonds. The van der Waals surface area contributed by atoms with Gasteiger partial charge in [0, 0.05) is 0 Å². The second kappa shape index (κ2) is 52.6. The Hall–Kier alpha value is -6.68. The summed E-state index contributed by atoms with van der Waals surface area (Å²) in [5.41, 5.74) is 2.46. The monoisotopic (exact) mass is 1510 g/mol. The van der Waals surface area contributed by atoms with Crippen LogP contribution in [-0.4, -0.2) is 66.1 Å². The number of hydrogen-bond acceptors (Lipinski definition) is 10. The van der Waals surface area contributed by atoms with Crippen LogP contribution in [0.5, 0.6) is 57.5 Å². The molecule has 0 N–H and O–H groups in total. The van der Waals surface area contributed by atoms with Gasteiger partial charge in [-0.3, -0.25) is 0 Å². The number of ether oxygens (including phenoxy) is 10. The molecule has 0 fully saturated rings. The molecule has 0 aromatic heterocycles. The lowest BCUT2D eigenvalue weighted by atomic mass is 9.90. The van der Waals surface area contributed by atoms with Crippen molar-refractivity contribution in [1.82, 2.24) is 0 Å². The Morgan fingerprint density at radius 3 is 0.409 bits per heavy atom. The van der Waals surface area contributed by atoms with E-state index in [0.29, 0.717) is 66.1 Å². The summed E-state index contributed by atoms with van der Waals surface area (Å²) in [5.74, 6) is 8.44. The normalized spacial score (nSPS) is 11.7. The lowest BCUT2D eigenvalue weighted by Crippen LogP contribution is -2.05. The lowest BCUT2D eigenvalue weighted by Gasteiger charge is -2.21. The second-order valence-corrected chi connectivity index (χ2v) is 31.7. The zero-order chi connectivity index (χ0) is 77.6. The van der Waals surface area contributed by atoms with Crippen molar-refractivity contribution >= 4 is 64.6 Å². The van der Waals surface area contributed by atoms with Crippen molar-refractivity contribution in [2.75, 3.05) is 66.1 Å². The molecule has 0 saturated heterocycles. The zero-order valence-corrected chi connectivity index (χ0v) is 71.2. The van der Waals surface area contributed by atoms with Gasteiger partial charge >= 0.3 is 0 Å². The number of fused-ring (bicyclic) bond motifs is 12. The minimum absolute atomic E-state index is 0.642. The molecule has 10 heteroatoms. The first kappa shape index (κ1) is 88.9. The fourth-order valence-electron chi connectivity index (χ4n) is 15.5. The Morgan fingerprint density at radius 1 is 0.136 bits per heavy atom. The molecule has 0 saturated carbocycles. The molecule has 0 aliphatic heterocycles. The quantitative estimate of drug-likeness (QED) is 0.0271. The molecule has 8 aromatic carbocycles. The maximum Gasteiger partial charge on any atom is 0.161 e. The molecule has 0 atom stereocenters. The fraction of sp³-hybridized carbons (Fsp3) is 0.640. The van der Waals surface area contributed by atoms with Crippen molar-refractivity contribution in [2.45, 2.75) is 352 Å². The summed E-state index contributed by atoms with van der Waals surface area (Å²) in [4.78, 5) is 0. The number of benzene rings is 8. The van der Waals surface area contributed by atoms with E-state index >= 15 is 0 Å². The first-order valence-electron chi connectivity index (χ1n) is 45.6. The lowest BCUT2D eigenvalue weighted by molar-refractivity contribution is 0.259. The molecule has 0 heterocycles. The fourth-order valence-corrected chi connectivity index (χ4v) is 15.5. The zero-order valence-electron chi connectivity index (χ0n) is 71.2. The van der Waals surface area contributed by atoms with E-state index in [1.54, 1.807) is 0 Å². The largest absolute Gasteiger partial charge is 0.493 e. The number of aryl methyl sites for hydroxylation is 2. The predicted molar refractivity (Wildman–Crippen MR) is 471 cm³/mol. The van der Waals surface area contributed by atoms with Crippen LogP contribution in [0.1, 0.15) is 350 Å². The summed E-state index contributed by atoms with van der Waals surface area (Å²) in [5, 5.41) is 13.7. The second-order valence-electron chi connectivity index (χ2n) is 31.7. The molecule has 0 aliphatic rings. The highest BCUT2D eigenvalue weighted by atomic mass is 16.5. The highest BCUT2D eigenvalue weighted by Crippen LogP contribution is 2.49. The van der Waals surface area contributed by atoms with E-state index < -0.39 is 0 Å². The van der Waals surface area contributed by atoms with Gasteiger partial charge in [0.2, 0.25) is 0 Å². The summed E-state index contributed by atoms with van der Waals surface area (Å²) in [7, 11) is 0. The minimum Gasteiger partial charge on any atom is -0.493 e. The average molecular weight is 1510 g/mol. The molecule has 8 rings (SSSR count). The summed E-state index contributed by atoms with van der Waals surface area (Å²) in [6, 6.07) is 28.1. The molecule has 110 heavy (non-hydrogen) atoms. The van der Waals surface area contributed by atoms with Gasteiger partial charge in [-0.15, -0.1) is 0 Å². The van der Waals surface area contributed by atoms with E-state index in [1.165, 1.54) is 150 Å². The topological polar surface area (TPSA) is 92.3 Å². The average Bonchev–Trinajstić information content (AvgIpc) is 0.733. The smallest absolute Gasteiger partial charge is 0.161 e. The van der Waals surface area contributed by atoms with Crippen LogP contribution in [0, 0.1) is 0 Å². The molecule has 8 aromatic rings. The van der Waals surface area contributed by atoms with E-state index in [1.807, 2.05) is 0 Å². The first-order valence-corrected chi connectivity index (χ1v) is 45.6. The standard InChI is InChI=1S/C100H150O10/c1-11-21-31-43-55-101-91-67-81-79(83-69-93(103-57-45-33-23-13-3)97(107-61-49-37-27-17-7)73-87(83)89-75-99(109-63-51-39-29-19-9)95(71-85(81)89)105-59-47-35-25-15-5)65-77(91)53-41-42-54-78-66-80-82(68-92(78)102-56-44-32-22-12-2)86-72-96(106-60-48-36-26-16-6)100(110-64-52-40-30-20-10)76-90(86)88-74-98(108-62-50-38-28-18-8)94(70-84(80)88)104-58-46-34-24-14-4/h65-76H,11-64H2,1-10H3. The Kier molecular flexibility index (Phi) is 42.5. The molecule has 0 aliphatic carbocycles. The van der Waals surface area contributed by atoms with Gasteiger partial charge in [0.25, 0.3) is 0 Å². The van der Waals surface area contributed by atoms with Crippen LogP contribution in [0.25, 0.3) is 64.6 Å². The van der Waals surface area contributed by atoms with Crippen LogP contribution in [0.4, 0.5) is 0 Å². The Balaban J connectivity index is 1.30. The number of rotatable bonds is 65. The van der Waals surface area contributed by atoms with Crippen LogP contribution in [-0.2, 0) is 12.8 Å². The van der Waals surface area contributed by atoms with Crippen molar-refractivity contribution in [3.05, 3.63) is 83.9 Å². The van der Waals surface area contributed by atoms with Crippen LogP contribution >= 0.6 is 0 Å². The summed E-state index contributed by atoms with van der Waals surface area (Å²) in [6.07, 6.45) is 48.7. The molecular weight excluding hydrogens is 1360 g/mol. The van der Waals surface area contributed by atoms with Crippen molar-refractivity contribution in [1.29, 1.82) is 0 Å². The van der Waals surface area contributed by atoms with Gasteiger partial charge < -0.3 is 47.4 Å². The van der Waals surface area contributed by atoms with Gasteiger partial charge in [0.05, 0.1) is 66.1 Å². The van der Waals surface area contributed by atoms with Crippen molar-refractivity contribution in [2.24, 2.45) is 0 Å². The predicted octanol–water partition coefficient (Wildman–Crippen LogP) is 30.8. The maximum atomic E-state index is 7.15. The summed E-state index contributed by atoms with van der Waals surface area (Å²) in [6.45, 7) is 29.2. The third-order valence-corrected chi connectivity index (χ3v) is 22.2. The molecule has 0 unspecified atom stereocenters. The van der Waals surface area contributed by atoms with Crippen LogP contribution in [0.2, 0.25) is 0 Å². The van der Waals surface area contributed by atoms with Crippen molar-refractivity contribution in [3.63, 3.8) is 0 Å². The van der Waals surface area contributed by atoms with Crippen LogP contribution in [0.15, 0.2) is 72.8 Å². The summed E-state index contributed by atoms with van der Waals surface area (Å²) >= 11 is 0. The van der Waals surface area contributed by atoms with E-state index in [4.69, 9.17) is 47.4 Å². The van der Waals surface area contributed by atoms with Gasteiger partial charge in [-0.1, -0.05) is 262 Å². The first-order chi connectivity index (χ1) is 54.3. The number of hydrogen-bond donors (Lipinski definition) is 0. The van der Waals surface area contributed by atoms with Crippen molar-refractivity contribution in [3.8, 4) is 57.5 Å². The van der Waals surface area contributed by atoms with Crippen LogP contribution in [0.3, 0.4) is 0 Å². The molecule has 0 spiro atoms. The molecule has 0 radical (unpaired) electrons. The molecule has 0 bridgehead atoms. The van der Waals surface area contributed by atoms with Gasteiger partial charge in [-0.2, -0.15) is 0 Å². The van der Waals surface area contributed by atoms with E-state index in [0.717, 1.165) is 265 Å². The third-order valence-electron chi connectivity index (χ3n) is 22.2. The molecular formula is C100H150O10. The van der Waals surface area contributed by atoms with E-state index in [-0.39, 0.29) is 0 Å². The van der Waals surface area contributed by atoms with Crippen LogP contribution < -0.4 is 47.4 Å². The molecule has 610 valence electrons. The Labute approximate surface area is 667 Å². The Bertz CT molecular complexity index is 3540. The van der Waals surface area contributed by atoms with E-state index in [2.05, 4.69) is 142 Å². The summed E-state index contributed by atoms with van der Waals surface area (Å²) < 4.78 is 69.3. The maximum absolute atomic E-state index is 7.15. The number of unbranched alkanes of at least 4 members (excludes halogenated alkanes) is 31. The van der Waals surface area contributed by atoms with E-state index in [9.17, 15) is 0 Å². The highest BCUT2D eigenvalue weighted by molar-refractivity contribution is 6.28. The SMILES string of the molecule is CCCCCCOc1cc2c(cc1CCCCc1cc3c(cc1OCCCCCC)c1cc(OCCCCCC)c(OCCCCCC)cc1c1cc(OCCCCCC)c(OCCCCCC)cc31)c1cc(OCCCCCC)c(OCCCCCC)cc1c1cc(OCCCCCC)c(OCCCCCC)cc21. The highest BCUT2D eigenvalue weighted by Gasteiger charge is 2.24. The molecule has 10 nitrogen and oxygen atoms in total. The van der Waals surface area contributed by atoms with Crippen molar-refractivity contribution < 1.29 is 47.4 Å².